The van der Waals surface area contributed by atoms with Crippen LogP contribution in [0, 0.1) is 0 Å². The molecule has 0 bridgehead atoms. The smallest absolute Gasteiger partial charge is 0.331 e. The molecule has 86 valence electrons. The van der Waals surface area contributed by atoms with Crippen LogP contribution in [0.15, 0.2) is 30.0 Å². The standard InChI is InChI=1S/C10H7BrCl2O3/c11-5-7(4-10(14)15)16-9-2-1-6(12)3-8(9)13/h1-4H,5H2,(H,14,15)/b7-4+. The molecule has 0 radical (unpaired) electrons. The van der Waals surface area contributed by atoms with Crippen LogP contribution in [0.4, 0.5) is 0 Å². The van der Waals surface area contributed by atoms with Crippen molar-refractivity contribution >= 4 is 45.1 Å². The van der Waals surface area contributed by atoms with Gasteiger partial charge in [0.05, 0.1) is 16.4 Å². The van der Waals surface area contributed by atoms with E-state index in [1.54, 1.807) is 12.1 Å². The molecule has 1 aromatic rings. The van der Waals surface area contributed by atoms with Crippen LogP contribution in [0.5, 0.6) is 5.75 Å². The number of carboxylic acid groups (broad SMARTS) is 1. The van der Waals surface area contributed by atoms with Crippen LogP contribution in [-0.2, 0) is 4.79 Å². The molecule has 0 atom stereocenters. The number of aliphatic carboxylic acids is 1. The van der Waals surface area contributed by atoms with E-state index in [2.05, 4.69) is 15.9 Å². The summed E-state index contributed by atoms with van der Waals surface area (Å²) in [4.78, 5) is 10.5. The lowest BCUT2D eigenvalue weighted by molar-refractivity contribution is -0.131. The summed E-state index contributed by atoms with van der Waals surface area (Å²) < 4.78 is 5.30. The zero-order valence-electron chi connectivity index (χ0n) is 7.91. The lowest BCUT2D eigenvalue weighted by Gasteiger charge is -2.08. The first-order chi connectivity index (χ1) is 7.52. The van der Waals surface area contributed by atoms with E-state index in [1.165, 1.54) is 6.07 Å². The molecular weight excluding hydrogens is 319 g/mol. The fourth-order valence-corrected chi connectivity index (χ4v) is 1.66. The number of rotatable bonds is 4. The van der Waals surface area contributed by atoms with E-state index >= 15 is 0 Å². The zero-order chi connectivity index (χ0) is 12.1. The quantitative estimate of drug-likeness (QED) is 0.521. The highest BCUT2D eigenvalue weighted by molar-refractivity contribution is 9.09. The Morgan fingerprint density at radius 3 is 2.69 bits per heavy atom. The lowest BCUT2D eigenvalue weighted by atomic mass is 10.3. The van der Waals surface area contributed by atoms with Gasteiger partial charge in [0, 0.05) is 5.02 Å². The first kappa shape index (κ1) is 13.4. The van der Waals surface area contributed by atoms with Gasteiger partial charge in [-0.05, 0) is 18.2 Å². The Morgan fingerprint density at radius 2 is 2.19 bits per heavy atom. The van der Waals surface area contributed by atoms with Crippen molar-refractivity contribution in [2.75, 3.05) is 5.33 Å². The van der Waals surface area contributed by atoms with Gasteiger partial charge in [0.15, 0.2) is 0 Å². The second-order valence-corrected chi connectivity index (χ2v) is 4.16. The number of carbonyl (C=O) groups is 1. The lowest BCUT2D eigenvalue weighted by Crippen LogP contribution is -2.01. The minimum atomic E-state index is -1.08. The largest absolute Gasteiger partial charge is 0.478 e. The van der Waals surface area contributed by atoms with Crippen LogP contribution in [0.3, 0.4) is 0 Å². The third-order valence-electron chi connectivity index (χ3n) is 1.55. The molecular formula is C10H7BrCl2O3. The molecule has 1 rings (SSSR count). The zero-order valence-corrected chi connectivity index (χ0v) is 11.0. The van der Waals surface area contributed by atoms with Crippen LogP contribution in [0.2, 0.25) is 10.0 Å². The van der Waals surface area contributed by atoms with Crippen molar-refractivity contribution in [2.24, 2.45) is 0 Å². The SMILES string of the molecule is O=C(O)/C=C(\CBr)Oc1ccc(Cl)cc1Cl. The highest BCUT2D eigenvalue weighted by Crippen LogP contribution is 2.29. The van der Waals surface area contributed by atoms with Crippen LogP contribution in [-0.4, -0.2) is 16.4 Å². The molecule has 1 aromatic carbocycles. The van der Waals surface area contributed by atoms with E-state index in [9.17, 15) is 4.79 Å². The van der Waals surface area contributed by atoms with Gasteiger partial charge in [0.25, 0.3) is 0 Å². The third-order valence-corrected chi connectivity index (χ3v) is 2.63. The molecule has 3 nitrogen and oxygen atoms in total. The number of halogens is 3. The molecule has 0 saturated heterocycles. The summed E-state index contributed by atoms with van der Waals surface area (Å²) in [6, 6.07) is 4.70. The maximum Gasteiger partial charge on any atom is 0.331 e. The average molecular weight is 326 g/mol. The second-order valence-electron chi connectivity index (χ2n) is 2.76. The molecule has 1 N–H and O–H groups in total. The summed E-state index contributed by atoms with van der Waals surface area (Å²) in [7, 11) is 0. The first-order valence-corrected chi connectivity index (χ1v) is 6.03. The third kappa shape index (κ3) is 4.04. The van der Waals surface area contributed by atoms with Crippen LogP contribution in [0.25, 0.3) is 0 Å². The topological polar surface area (TPSA) is 46.5 Å². The van der Waals surface area contributed by atoms with E-state index in [0.717, 1.165) is 6.08 Å². The molecule has 0 aliphatic rings. The van der Waals surface area contributed by atoms with Crippen molar-refractivity contribution in [2.45, 2.75) is 0 Å². The minimum absolute atomic E-state index is 0.247. The number of hydrogen-bond acceptors (Lipinski definition) is 2. The number of benzene rings is 1. The number of alkyl halides is 1. The Kier molecular flexibility index (Phi) is 5.12. The Hall–Kier alpha value is -0.710. The Morgan fingerprint density at radius 1 is 1.50 bits per heavy atom. The summed E-state index contributed by atoms with van der Waals surface area (Å²) in [5, 5.41) is 9.66. The summed E-state index contributed by atoms with van der Waals surface area (Å²) in [6.07, 6.45) is 0.958. The van der Waals surface area contributed by atoms with Crippen molar-refractivity contribution in [1.29, 1.82) is 0 Å². The summed E-state index contributed by atoms with van der Waals surface area (Å²) in [6.45, 7) is 0. The number of allylic oxidation sites excluding steroid dienone is 1. The average Bonchev–Trinajstić information content (AvgIpc) is 2.20. The molecule has 0 spiro atoms. The molecule has 0 unspecified atom stereocenters. The van der Waals surface area contributed by atoms with E-state index in [-0.39, 0.29) is 11.1 Å². The molecule has 0 amide bonds. The maximum atomic E-state index is 10.5. The molecule has 0 saturated carbocycles. The van der Waals surface area contributed by atoms with Crippen molar-refractivity contribution in [1.82, 2.24) is 0 Å². The predicted molar refractivity (Wildman–Crippen MR) is 66.6 cm³/mol. The normalized spacial score (nSPS) is 11.3. The number of carboxylic acids is 1. The van der Waals surface area contributed by atoms with Crippen molar-refractivity contribution in [3.63, 3.8) is 0 Å². The molecule has 6 heteroatoms. The van der Waals surface area contributed by atoms with Crippen LogP contribution < -0.4 is 4.74 Å². The Balaban J connectivity index is 2.90. The molecule has 0 heterocycles. The molecule has 0 aromatic heterocycles. The van der Waals surface area contributed by atoms with E-state index in [1.807, 2.05) is 0 Å². The Labute approximate surface area is 111 Å². The molecule has 0 aliphatic heterocycles. The second kappa shape index (κ2) is 6.13. The summed E-state index contributed by atoms with van der Waals surface area (Å²) in [5.74, 6) is -0.478. The van der Waals surface area contributed by atoms with E-state index in [4.69, 9.17) is 33.0 Å². The van der Waals surface area contributed by atoms with Crippen LogP contribution >= 0.6 is 39.1 Å². The number of ether oxygens (including phenoxy) is 1. The summed E-state index contributed by atoms with van der Waals surface area (Å²) >= 11 is 14.7. The molecule has 0 fully saturated rings. The highest BCUT2D eigenvalue weighted by Gasteiger charge is 2.06. The van der Waals surface area contributed by atoms with Gasteiger partial charge in [0.1, 0.15) is 11.5 Å². The first-order valence-electron chi connectivity index (χ1n) is 4.15. The van der Waals surface area contributed by atoms with Gasteiger partial charge >= 0.3 is 5.97 Å². The van der Waals surface area contributed by atoms with Gasteiger partial charge in [-0.1, -0.05) is 39.1 Å². The molecule has 16 heavy (non-hydrogen) atoms. The van der Waals surface area contributed by atoms with Gasteiger partial charge in [-0.3, -0.25) is 0 Å². The van der Waals surface area contributed by atoms with Gasteiger partial charge < -0.3 is 9.84 Å². The fourth-order valence-electron chi connectivity index (χ4n) is 0.932. The minimum Gasteiger partial charge on any atom is -0.478 e. The highest BCUT2D eigenvalue weighted by atomic mass is 79.9. The monoisotopic (exact) mass is 324 g/mol. The van der Waals surface area contributed by atoms with Crippen molar-refractivity contribution in [3.05, 3.63) is 40.1 Å². The summed E-state index contributed by atoms with van der Waals surface area (Å²) in [5.41, 5.74) is 0. The van der Waals surface area contributed by atoms with Gasteiger partial charge in [-0.25, -0.2) is 4.79 Å². The fraction of sp³-hybridized carbons (Fsp3) is 0.100. The van der Waals surface area contributed by atoms with Crippen LogP contribution in [0.1, 0.15) is 0 Å². The predicted octanol–water partition coefficient (Wildman–Crippen LogP) is 3.74. The van der Waals surface area contributed by atoms with E-state index < -0.39 is 5.97 Å². The van der Waals surface area contributed by atoms with Gasteiger partial charge in [-0.2, -0.15) is 0 Å². The van der Waals surface area contributed by atoms with Gasteiger partial charge in [-0.15, -0.1) is 0 Å². The van der Waals surface area contributed by atoms with Crippen molar-refractivity contribution < 1.29 is 14.6 Å². The van der Waals surface area contributed by atoms with Crippen molar-refractivity contribution in [3.8, 4) is 5.75 Å². The Bertz CT molecular complexity index is 432. The van der Waals surface area contributed by atoms with E-state index in [0.29, 0.717) is 15.8 Å². The molecule has 0 aliphatic carbocycles. The number of hydrogen-bond donors (Lipinski definition) is 1. The maximum absolute atomic E-state index is 10.5. The van der Waals surface area contributed by atoms with Gasteiger partial charge in [0.2, 0.25) is 0 Å².